The fourth-order valence-corrected chi connectivity index (χ4v) is 5.20. The molecule has 0 atom stereocenters. The van der Waals surface area contributed by atoms with Gasteiger partial charge >= 0.3 is 0 Å². The van der Waals surface area contributed by atoms with E-state index in [-0.39, 0.29) is 23.2 Å². The van der Waals surface area contributed by atoms with Crippen molar-refractivity contribution < 1.29 is 16.8 Å². The van der Waals surface area contributed by atoms with E-state index < -0.39 is 20.0 Å². The zero-order chi connectivity index (χ0) is 21.8. The number of nitrogens with zero attached hydrogens (tertiary/aromatic N) is 4. The second-order valence-corrected chi connectivity index (χ2v) is 10.4. The first kappa shape index (κ1) is 22.0. The Hall–Kier alpha value is -2.67. The summed E-state index contributed by atoms with van der Waals surface area (Å²) in [7, 11) is -7.18. The molecule has 0 aliphatic rings. The first-order valence-corrected chi connectivity index (χ1v) is 12.2. The molecule has 0 unspecified atom stereocenters. The summed E-state index contributed by atoms with van der Waals surface area (Å²) in [6, 6.07) is 12.8. The Morgan fingerprint density at radius 1 is 1.00 bits per heavy atom. The highest BCUT2D eigenvalue weighted by Crippen LogP contribution is 2.15. The van der Waals surface area contributed by atoms with E-state index in [9.17, 15) is 16.8 Å². The van der Waals surface area contributed by atoms with Crippen molar-refractivity contribution in [2.75, 3.05) is 0 Å². The molecular formula is C18H22N6O4S2. The summed E-state index contributed by atoms with van der Waals surface area (Å²) in [6.07, 6.45) is 1.37. The van der Waals surface area contributed by atoms with Crippen molar-refractivity contribution in [1.29, 1.82) is 0 Å². The van der Waals surface area contributed by atoms with Gasteiger partial charge in [0.05, 0.1) is 16.3 Å². The molecule has 0 amide bonds. The molecule has 0 spiro atoms. The monoisotopic (exact) mass is 450 g/mol. The molecular weight excluding hydrogens is 428 g/mol. The van der Waals surface area contributed by atoms with Crippen LogP contribution in [0.2, 0.25) is 0 Å². The number of nitrogens with one attached hydrogen (secondary N) is 2. The second-order valence-electron chi connectivity index (χ2n) is 6.92. The maximum atomic E-state index is 12.6. The Morgan fingerprint density at radius 2 is 1.70 bits per heavy atom. The van der Waals surface area contributed by atoms with Crippen molar-refractivity contribution in [3.05, 3.63) is 66.0 Å². The lowest BCUT2D eigenvalue weighted by Crippen LogP contribution is -2.31. The summed E-state index contributed by atoms with van der Waals surface area (Å²) in [5.74, 6) is -0.138. The second kappa shape index (κ2) is 9.00. The van der Waals surface area contributed by atoms with Crippen LogP contribution < -0.4 is 9.44 Å². The predicted molar refractivity (Wildman–Crippen MR) is 111 cm³/mol. The van der Waals surface area contributed by atoms with E-state index >= 15 is 0 Å². The quantitative estimate of drug-likeness (QED) is 0.496. The van der Waals surface area contributed by atoms with Crippen LogP contribution in [0.3, 0.4) is 0 Å². The maximum absolute atomic E-state index is 12.6. The highest BCUT2D eigenvalue weighted by Gasteiger charge is 2.16. The van der Waals surface area contributed by atoms with Crippen LogP contribution in [0.4, 0.5) is 0 Å². The van der Waals surface area contributed by atoms with E-state index in [0.29, 0.717) is 16.8 Å². The van der Waals surface area contributed by atoms with Gasteiger partial charge in [0, 0.05) is 12.6 Å². The minimum atomic E-state index is -3.76. The van der Waals surface area contributed by atoms with Crippen LogP contribution >= 0.6 is 0 Å². The Kier molecular flexibility index (Phi) is 6.61. The predicted octanol–water partition coefficient (Wildman–Crippen LogP) is 0.969. The van der Waals surface area contributed by atoms with Crippen molar-refractivity contribution in [3.8, 4) is 5.69 Å². The highest BCUT2D eigenvalue weighted by molar-refractivity contribution is 7.89. The molecule has 3 aromatic rings. The van der Waals surface area contributed by atoms with Crippen molar-refractivity contribution in [2.45, 2.75) is 37.1 Å². The molecule has 3 rings (SSSR count). The van der Waals surface area contributed by atoms with E-state index in [4.69, 9.17) is 0 Å². The van der Waals surface area contributed by atoms with Crippen molar-refractivity contribution in [3.63, 3.8) is 0 Å². The van der Waals surface area contributed by atoms with Gasteiger partial charge in [-0.25, -0.2) is 31.0 Å². The maximum Gasteiger partial charge on any atom is 0.240 e. The fourth-order valence-electron chi connectivity index (χ4n) is 2.71. The summed E-state index contributed by atoms with van der Waals surface area (Å²) in [5, 5.41) is 10.8. The number of tetrazole rings is 1. The topological polar surface area (TPSA) is 136 Å². The third kappa shape index (κ3) is 5.92. The molecule has 0 saturated heterocycles. The molecule has 0 aliphatic heterocycles. The van der Waals surface area contributed by atoms with E-state index in [2.05, 4.69) is 25.0 Å². The van der Waals surface area contributed by atoms with Gasteiger partial charge in [0.25, 0.3) is 0 Å². The Bertz CT molecular complexity index is 1190. The molecule has 1 aromatic heterocycles. The number of benzene rings is 2. The number of sulfonamides is 2. The standard InChI is InChI=1S/C18H22N6O4S2/c1-14(2)21-29(25,26)12-16-8-6-15(7-9-16)11-20-30(27,28)18-5-3-4-17(10-18)24-13-19-22-23-24/h3-10,13-14,20-21H,11-12H2,1-2H3. The van der Waals surface area contributed by atoms with Gasteiger partial charge in [-0.3, -0.25) is 0 Å². The van der Waals surface area contributed by atoms with Crippen LogP contribution in [0, 0.1) is 0 Å². The van der Waals surface area contributed by atoms with Crippen LogP contribution in [0.25, 0.3) is 5.69 Å². The first-order valence-electron chi connectivity index (χ1n) is 9.05. The molecule has 2 aromatic carbocycles. The van der Waals surface area contributed by atoms with Gasteiger partial charge < -0.3 is 0 Å². The third-order valence-corrected chi connectivity index (χ3v) is 6.95. The molecule has 0 fully saturated rings. The smallest absolute Gasteiger partial charge is 0.212 e. The van der Waals surface area contributed by atoms with Gasteiger partial charge in [-0.15, -0.1) is 5.10 Å². The lowest BCUT2D eigenvalue weighted by atomic mass is 10.1. The Balaban J connectivity index is 1.66. The van der Waals surface area contributed by atoms with Gasteiger partial charge in [-0.1, -0.05) is 30.3 Å². The number of aromatic nitrogens is 4. The van der Waals surface area contributed by atoms with E-state index in [0.717, 1.165) is 0 Å². The summed E-state index contributed by atoms with van der Waals surface area (Å²) >= 11 is 0. The third-order valence-electron chi connectivity index (χ3n) is 4.00. The summed E-state index contributed by atoms with van der Waals surface area (Å²) in [6.45, 7) is 3.57. The van der Waals surface area contributed by atoms with E-state index in [1.54, 1.807) is 50.2 Å². The van der Waals surface area contributed by atoms with E-state index in [1.165, 1.54) is 23.1 Å². The number of hydrogen-bond acceptors (Lipinski definition) is 7. The molecule has 12 heteroatoms. The van der Waals surface area contributed by atoms with Gasteiger partial charge in [-0.2, -0.15) is 0 Å². The summed E-state index contributed by atoms with van der Waals surface area (Å²) < 4.78 is 55.7. The molecule has 1 heterocycles. The van der Waals surface area contributed by atoms with Crippen LogP contribution in [0.15, 0.2) is 59.8 Å². The fraction of sp³-hybridized carbons (Fsp3) is 0.278. The molecule has 30 heavy (non-hydrogen) atoms. The molecule has 160 valence electrons. The average Bonchev–Trinajstić information content (AvgIpc) is 3.21. The molecule has 0 saturated carbocycles. The average molecular weight is 451 g/mol. The van der Waals surface area contributed by atoms with Crippen LogP contribution in [-0.2, 0) is 32.3 Å². The van der Waals surface area contributed by atoms with E-state index in [1.807, 2.05) is 0 Å². The lowest BCUT2D eigenvalue weighted by molar-refractivity contribution is 0.569. The van der Waals surface area contributed by atoms with Crippen molar-refractivity contribution >= 4 is 20.0 Å². The lowest BCUT2D eigenvalue weighted by Gasteiger charge is -2.11. The molecule has 10 nitrogen and oxygen atoms in total. The Morgan fingerprint density at radius 3 is 2.33 bits per heavy atom. The van der Waals surface area contributed by atoms with Crippen LogP contribution in [0.5, 0.6) is 0 Å². The van der Waals surface area contributed by atoms with Gasteiger partial charge in [0.15, 0.2) is 0 Å². The van der Waals surface area contributed by atoms with Crippen molar-refractivity contribution in [1.82, 2.24) is 29.7 Å². The molecule has 0 bridgehead atoms. The molecule has 0 aliphatic carbocycles. The number of rotatable bonds is 9. The summed E-state index contributed by atoms with van der Waals surface area (Å²) in [4.78, 5) is 0.0815. The highest BCUT2D eigenvalue weighted by atomic mass is 32.2. The van der Waals surface area contributed by atoms with Gasteiger partial charge in [0.2, 0.25) is 20.0 Å². The normalized spacial score (nSPS) is 12.4. The number of hydrogen-bond donors (Lipinski definition) is 2. The van der Waals surface area contributed by atoms with Crippen LogP contribution in [0.1, 0.15) is 25.0 Å². The zero-order valence-electron chi connectivity index (χ0n) is 16.4. The Labute approximate surface area is 175 Å². The minimum absolute atomic E-state index is 0.0642. The van der Waals surface area contributed by atoms with Gasteiger partial charge in [0.1, 0.15) is 6.33 Å². The van der Waals surface area contributed by atoms with Crippen LogP contribution in [-0.4, -0.2) is 43.1 Å². The van der Waals surface area contributed by atoms with Crippen molar-refractivity contribution in [2.24, 2.45) is 0 Å². The largest absolute Gasteiger partial charge is 0.240 e. The minimum Gasteiger partial charge on any atom is -0.212 e. The molecule has 0 radical (unpaired) electrons. The van der Waals surface area contributed by atoms with Gasteiger partial charge in [-0.05, 0) is 53.6 Å². The SMILES string of the molecule is CC(C)NS(=O)(=O)Cc1ccc(CNS(=O)(=O)c2cccc(-n3cnnn3)c2)cc1. The zero-order valence-corrected chi connectivity index (χ0v) is 18.1. The molecule has 2 N–H and O–H groups in total. The summed E-state index contributed by atoms with van der Waals surface area (Å²) in [5.41, 5.74) is 1.83. The first-order chi connectivity index (χ1) is 14.1.